The topological polar surface area (TPSA) is 27.0 Å². The van der Waals surface area contributed by atoms with Gasteiger partial charge in [-0.15, -0.1) is 0 Å². The fourth-order valence-electron chi connectivity index (χ4n) is 2.66. The highest BCUT2D eigenvalue weighted by atomic mass is 35.5. The molecule has 0 aromatic heterocycles. The van der Waals surface area contributed by atoms with Crippen LogP contribution in [0.3, 0.4) is 0 Å². The molecule has 0 radical (unpaired) electrons. The lowest BCUT2D eigenvalue weighted by Gasteiger charge is -2.29. The average molecular weight is 409 g/mol. The van der Waals surface area contributed by atoms with Gasteiger partial charge in [-0.25, -0.2) is 4.31 Å². The maximum absolute atomic E-state index is 9.24. The van der Waals surface area contributed by atoms with E-state index in [1.165, 1.54) is 12.8 Å². The summed E-state index contributed by atoms with van der Waals surface area (Å²) in [5.74, 6) is 0.796. The minimum absolute atomic E-state index is 0.628. The van der Waals surface area contributed by atoms with E-state index in [9.17, 15) is 5.26 Å². The van der Waals surface area contributed by atoms with Crippen LogP contribution in [0.2, 0.25) is 10.0 Å². The molecule has 0 bridgehead atoms. The van der Waals surface area contributed by atoms with E-state index in [1.807, 2.05) is 30.3 Å². The molecule has 1 aliphatic rings. The molecule has 130 valence electrons. The van der Waals surface area contributed by atoms with Crippen LogP contribution >= 0.6 is 46.9 Å². The van der Waals surface area contributed by atoms with E-state index in [0.29, 0.717) is 15.6 Å². The van der Waals surface area contributed by atoms with Crippen molar-refractivity contribution in [3.8, 4) is 6.07 Å². The van der Waals surface area contributed by atoms with E-state index in [2.05, 4.69) is 17.3 Å². The first-order chi connectivity index (χ1) is 12.0. The van der Waals surface area contributed by atoms with E-state index in [0.717, 1.165) is 33.7 Å². The molecular weight excluding hydrogens is 391 g/mol. The van der Waals surface area contributed by atoms with E-state index in [-0.39, 0.29) is 0 Å². The van der Waals surface area contributed by atoms with Gasteiger partial charge in [0.25, 0.3) is 0 Å². The van der Waals surface area contributed by atoms with Crippen molar-refractivity contribution in [3.05, 3.63) is 52.0 Å². The van der Waals surface area contributed by atoms with Gasteiger partial charge in [0.15, 0.2) is 0 Å². The molecule has 0 aliphatic carbocycles. The van der Waals surface area contributed by atoms with Gasteiger partial charge in [0, 0.05) is 37.8 Å². The summed E-state index contributed by atoms with van der Waals surface area (Å²) in [5, 5.41) is 10.5. The van der Waals surface area contributed by atoms with Crippen LogP contribution in [0.5, 0.6) is 0 Å². The van der Waals surface area contributed by atoms with Crippen LogP contribution in [0.1, 0.15) is 25.3 Å². The Morgan fingerprint density at radius 1 is 1.04 bits per heavy atom. The quantitative estimate of drug-likeness (QED) is 0.522. The summed E-state index contributed by atoms with van der Waals surface area (Å²) in [6.45, 7) is 4.47. The molecule has 0 N–H and O–H groups in total. The Hall–Kier alpha value is -0.830. The summed E-state index contributed by atoms with van der Waals surface area (Å²) in [6, 6.07) is 13.6. The largest absolute Gasteiger partial charge is 0.246 e. The Morgan fingerprint density at radius 2 is 1.72 bits per heavy atom. The predicted octanol–water partition coefficient (Wildman–Crippen LogP) is 6.76. The van der Waals surface area contributed by atoms with E-state index in [4.69, 9.17) is 23.2 Å². The highest BCUT2D eigenvalue weighted by Gasteiger charge is 2.18. The van der Waals surface area contributed by atoms with E-state index in [1.54, 1.807) is 29.8 Å². The number of hydrogen-bond acceptors (Lipinski definition) is 4. The molecule has 2 aromatic rings. The van der Waals surface area contributed by atoms with E-state index < -0.39 is 0 Å². The monoisotopic (exact) mass is 408 g/mol. The zero-order valence-electron chi connectivity index (χ0n) is 13.8. The maximum atomic E-state index is 9.24. The second-order valence-electron chi connectivity index (χ2n) is 6.18. The van der Waals surface area contributed by atoms with Crippen molar-refractivity contribution in [2.75, 3.05) is 13.1 Å². The van der Waals surface area contributed by atoms with Crippen LogP contribution in [0, 0.1) is 17.2 Å². The van der Waals surface area contributed by atoms with Gasteiger partial charge in [0.05, 0.1) is 11.6 Å². The van der Waals surface area contributed by atoms with Gasteiger partial charge in [0.1, 0.15) is 0 Å². The molecule has 25 heavy (non-hydrogen) atoms. The van der Waals surface area contributed by atoms with Crippen molar-refractivity contribution in [1.82, 2.24) is 4.31 Å². The molecular formula is C19H18Cl2N2S2. The average Bonchev–Trinajstić information content (AvgIpc) is 2.57. The number of halogens is 2. The first-order valence-electron chi connectivity index (χ1n) is 8.14. The lowest BCUT2D eigenvalue weighted by molar-refractivity contribution is 0.308. The summed E-state index contributed by atoms with van der Waals surface area (Å²) in [5.41, 5.74) is 0.682. The summed E-state index contributed by atoms with van der Waals surface area (Å²) in [4.78, 5) is 3.21. The first-order valence-corrected chi connectivity index (χ1v) is 10.5. The molecule has 2 aromatic carbocycles. The Bertz CT molecular complexity index is 776. The predicted molar refractivity (Wildman–Crippen MR) is 108 cm³/mol. The molecule has 0 amide bonds. The maximum Gasteiger partial charge on any atom is 0.0992 e. The number of nitrogens with zero attached hydrogens (tertiary/aromatic N) is 2. The second kappa shape index (κ2) is 8.70. The summed E-state index contributed by atoms with van der Waals surface area (Å²) < 4.78 is 2.39. The van der Waals surface area contributed by atoms with Crippen LogP contribution in [-0.2, 0) is 0 Å². The molecule has 0 spiro atoms. The lowest BCUT2D eigenvalue weighted by atomic mass is 10.0. The summed E-state index contributed by atoms with van der Waals surface area (Å²) >= 11 is 15.6. The third kappa shape index (κ3) is 5.32. The third-order valence-electron chi connectivity index (χ3n) is 4.11. The van der Waals surface area contributed by atoms with Crippen molar-refractivity contribution in [2.45, 2.75) is 34.5 Å². The van der Waals surface area contributed by atoms with Gasteiger partial charge >= 0.3 is 0 Å². The first kappa shape index (κ1) is 18.9. The summed E-state index contributed by atoms with van der Waals surface area (Å²) in [7, 11) is 0. The smallest absolute Gasteiger partial charge is 0.0992 e. The van der Waals surface area contributed by atoms with Gasteiger partial charge in [-0.05, 0) is 67.1 Å². The normalized spacial score (nSPS) is 15.9. The molecule has 0 atom stereocenters. The highest BCUT2D eigenvalue weighted by molar-refractivity contribution is 8.01. The lowest BCUT2D eigenvalue weighted by Crippen LogP contribution is -2.27. The van der Waals surface area contributed by atoms with Gasteiger partial charge < -0.3 is 0 Å². The minimum Gasteiger partial charge on any atom is -0.246 e. The van der Waals surface area contributed by atoms with Crippen molar-refractivity contribution in [3.63, 3.8) is 0 Å². The minimum atomic E-state index is 0.628. The Balaban J connectivity index is 1.84. The number of piperidine rings is 1. The van der Waals surface area contributed by atoms with Gasteiger partial charge in [-0.3, -0.25) is 0 Å². The molecule has 6 heteroatoms. The van der Waals surface area contributed by atoms with Crippen molar-refractivity contribution in [2.24, 2.45) is 5.92 Å². The molecule has 0 unspecified atom stereocenters. The van der Waals surface area contributed by atoms with E-state index >= 15 is 0 Å². The molecule has 1 heterocycles. The van der Waals surface area contributed by atoms with Crippen molar-refractivity contribution in [1.29, 1.82) is 5.26 Å². The van der Waals surface area contributed by atoms with Gasteiger partial charge in [-0.1, -0.05) is 41.9 Å². The van der Waals surface area contributed by atoms with Gasteiger partial charge in [-0.2, -0.15) is 5.26 Å². The number of nitriles is 1. The van der Waals surface area contributed by atoms with Crippen molar-refractivity contribution >= 4 is 46.9 Å². The third-order valence-corrected chi connectivity index (χ3v) is 6.88. The fourth-order valence-corrected chi connectivity index (χ4v) is 5.49. The molecule has 0 saturated carbocycles. The standard InChI is InChI=1S/C19H18Cl2N2S2/c1-13-4-6-23(7-5-13)25-19-8-14(12-22)2-3-18(19)24-17-10-15(20)9-16(21)11-17/h2-3,8-11,13H,4-7H2,1H3. The Labute approximate surface area is 167 Å². The molecule has 1 saturated heterocycles. The van der Waals surface area contributed by atoms with Crippen LogP contribution < -0.4 is 0 Å². The second-order valence-corrected chi connectivity index (χ2v) is 9.31. The van der Waals surface area contributed by atoms with Crippen molar-refractivity contribution < 1.29 is 0 Å². The molecule has 1 aliphatic heterocycles. The van der Waals surface area contributed by atoms with Crippen LogP contribution in [0.15, 0.2) is 51.1 Å². The number of hydrogen-bond donors (Lipinski definition) is 0. The summed E-state index contributed by atoms with van der Waals surface area (Å²) in [6.07, 6.45) is 2.44. The fraction of sp³-hybridized carbons (Fsp3) is 0.316. The molecule has 2 nitrogen and oxygen atoms in total. The number of rotatable bonds is 4. The molecule has 3 rings (SSSR count). The van der Waals surface area contributed by atoms with Crippen LogP contribution in [0.4, 0.5) is 0 Å². The van der Waals surface area contributed by atoms with Gasteiger partial charge in [0.2, 0.25) is 0 Å². The Morgan fingerprint density at radius 3 is 2.36 bits per heavy atom. The highest BCUT2D eigenvalue weighted by Crippen LogP contribution is 2.40. The zero-order valence-corrected chi connectivity index (χ0v) is 17.0. The Kier molecular flexibility index (Phi) is 6.60. The molecule has 1 fully saturated rings. The van der Waals surface area contributed by atoms with Crippen LogP contribution in [-0.4, -0.2) is 17.4 Å². The van der Waals surface area contributed by atoms with Crippen LogP contribution in [0.25, 0.3) is 0 Å². The zero-order chi connectivity index (χ0) is 17.8. The SMILES string of the molecule is CC1CCN(Sc2cc(C#N)ccc2Sc2cc(Cl)cc(Cl)c2)CC1. The number of benzene rings is 2.